The summed E-state index contributed by atoms with van der Waals surface area (Å²) < 4.78 is 24.7. The van der Waals surface area contributed by atoms with Crippen molar-refractivity contribution >= 4 is 28.2 Å². The second kappa shape index (κ2) is 8.66. The third kappa shape index (κ3) is 4.93. The molecule has 1 aliphatic heterocycles. The number of benzene rings is 1. The zero-order valence-electron chi connectivity index (χ0n) is 13.5. The maximum Gasteiger partial charge on any atom is 0.252 e. The first-order valence-electron chi connectivity index (χ1n) is 7.74. The summed E-state index contributed by atoms with van der Waals surface area (Å²) in [6.45, 7) is 5.74. The van der Waals surface area contributed by atoms with Crippen LogP contribution >= 0.6 is 12.4 Å². The molecule has 1 amide bonds. The summed E-state index contributed by atoms with van der Waals surface area (Å²) in [6, 6.07) is 6.42. The van der Waals surface area contributed by atoms with E-state index in [9.17, 15) is 13.2 Å². The van der Waals surface area contributed by atoms with Crippen LogP contribution in [-0.4, -0.2) is 39.2 Å². The van der Waals surface area contributed by atoms with Crippen LogP contribution in [0.15, 0.2) is 29.2 Å². The Morgan fingerprint density at radius 3 is 2.65 bits per heavy atom. The molecule has 0 aliphatic carbocycles. The van der Waals surface area contributed by atoms with E-state index in [-0.39, 0.29) is 28.8 Å². The Hall–Kier alpha value is -1.11. The summed E-state index contributed by atoms with van der Waals surface area (Å²) in [5, 5.41) is 5.63. The van der Waals surface area contributed by atoms with Gasteiger partial charge in [-0.3, -0.25) is 4.79 Å². The Morgan fingerprint density at radius 1 is 1.35 bits per heavy atom. The van der Waals surface area contributed by atoms with Crippen LogP contribution in [0.1, 0.15) is 37.0 Å². The van der Waals surface area contributed by atoms with Gasteiger partial charge in [-0.1, -0.05) is 12.1 Å². The molecular weight excluding hydrogens is 336 g/mol. The molecule has 1 aromatic carbocycles. The van der Waals surface area contributed by atoms with Crippen LogP contribution in [0.5, 0.6) is 0 Å². The molecule has 7 heteroatoms. The van der Waals surface area contributed by atoms with Crippen molar-refractivity contribution in [1.82, 2.24) is 10.6 Å². The van der Waals surface area contributed by atoms with Crippen molar-refractivity contribution in [1.29, 1.82) is 0 Å². The van der Waals surface area contributed by atoms with Crippen molar-refractivity contribution in [2.75, 3.05) is 19.6 Å². The third-order valence-electron chi connectivity index (χ3n) is 4.01. The largest absolute Gasteiger partial charge is 0.352 e. The third-order valence-corrected chi connectivity index (χ3v) is 6.22. The van der Waals surface area contributed by atoms with E-state index in [4.69, 9.17) is 0 Å². The summed E-state index contributed by atoms with van der Waals surface area (Å²) in [6.07, 6.45) is 2.19. The smallest absolute Gasteiger partial charge is 0.252 e. The van der Waals surface area contributed by atoms with Crippen molar-refractivity contribution in [3.8, 4) is 0 Å². The number of rotatable bonds is 5. The minimum absolute atomic E-state index is 0. The lowest BCUT2D eigenvalue weighted by molar-refractivity contribution is 0.0941. The molecule has 0 saturated carbocycles. The van der Waals surface area contributed by atoms with Gasteiger partial charge in [0.25, 0.3) is 5.91 Å². The summed E-state index contributed by atoms with van der Waals surface area (Å²) in [5.74, 6) is 0.0944. The first-order valence-corrected chi connectivity index (χ1v) is 9.29. The van der Waals surface area contributed by atoms with Gasteiger partial charge < -0.3 is 10.6 Å². The maximum absolute atomic E-state index is 12.4. The lowest BCUT2D eigenvalue weighted by Gasteiger charge is -2.23. The van der Waals surface area contributed by atoms with Crippen molar-refractivity contribution in [2.24, 2.45) is 5.92 Å². The molecule has 2 N–H and O–H groups in total. The number of carbonyl (C=O) groups excluding carboxylic acids is 1. The van der Waals surface area contributed by atoms with Crippen LogP contribution < -0.4 is 10.6 Å². The van der Waals surface area contributed by atoms with Gasteiger partial charge >= 0.3 is 0 Å². The zero-order valence-corrected chi connectivity index (χ0v) is 15.2. The number of nitrogens with one attached hydrogen (secondary N) is 2. The summed E-state index contributed by atoms with van der Waals surface area (Å²) in [5.41, 5.74) is 0.236. The predicted molar refractivity (Wildman–Crippen MR) is 93.9 cm³/mol. The monoisotopic (exact) mass is 360 g/mol. The van der Waals surface area contributed by atoms with Gasteiger partial charge in [0, 0.05) is 6.54 Å². The first-order chi connectivity index (χ1) is 10.4. The summed E-state index contributed by atoms with van der Waals surface area (Å²) in [7, 11) is -3.47. The molecule has 130 valence electrons. The lowest BCUT2D eigenvalue weighted by Crippen LogP contribution is -2.38. The van der Waals surface area contributed by atoms with Gasteiger partial charge in [0.15, 0.2) is 9.84 Å². The Morgan fingerprint density at radius 2 is 2.04 bits per heavy atom. The molecule has 1 heterocycles. The minimum atomic E-state index is -3.47. The molecule has 1 saturated heterocycles. The molecule has 1 unspecified atom stereocenters. The highest BCUT2D eigenvalue weighted by Gasteiger charge is 2.25. The number of hydrogen-bond acceptors (Lipinski definition) is 4. The van der Waals surface area contributed by atoms with Gasteiger partial charge in [-0.25, -0.2) is 8.42 Å². The van der Waals surface area contributed by atoms with Gasteiger partial charge in [-0.05, 0) is 57.8 Å². The van der Waals surface area contributed by atoms with Crippen LogP contribution in [0, 0.1) is 5.92 Å². The Bertz CT molecular complexity index is 626. The van der Waals surface area contributed by atoms with Crippen molar-refractivity contribution in [3.05, 3.63) is 29.8 Å². The molecule has 0 spiro atoms. The fourth-order valence-electron chi connectivity index (χ4n) is 2.59. The first kappa shape index (κ1) is 19.9. The highest BCUT2D eigenvalue weighted by molar-refractivity contribution is 7.92. The Labute approximate surface area is 144 Å². The van der Waals surface area contributed by atoms with Gasteiger partial charge in [-0.2, -0.15) is 0 Å². The number of halogens is 1. The normalized spacial score (nSPS) is 18.3. The highest BCUT2D eigenvalue weighted by Crippen LogP contribution is 2.20. The van der Waals surface area contributed by atoms with E-state index in [1.807, 2.05) is 0 Å². The number of hydrogen-bond donors (Lipinski definition) is 2. The average molecular weight is 361 g/mol. The number of sulfone groups is 1. The van der Waals surface area contributed by atoms with Gasteiger partial charge in [0.2, 0.25) is 0 Å². The van der Waals surface area contributed by atoms with Crippen LogP contribution in [0.25, 0.3) is 0 Å². The number of piperidine rings is 1. The predicted octanol–water partition coefficient (Wildman–Crippen LogP) is 2.02. The van der Waals surface area contributed by atoms with Crippen molar-refractivity contribution in [2.45, 2.75) is 36.8 Å². The topological polar surface area (TPSA) is 75.3 Å². The van der Waals surface area contributed by atoms with E-state index >= 15 is 0 Å². The molecule has 1 aliphatic rings. The fraction of sp³-hybridized carbons (Fsp3) is 0.562. The van der Waals surface area contributed by atoms with Crippen LogP contribution in [0.2, 0.25) is 0 Å². The van der Waals surface area contributed by atoms with Crippen LogP contribution in [-0.2, 0) is 9.84 Å². The molecule has 1 atom stereocenters. The SMILES string of the molecule is CC(C)S(=O)(=O)c1ccccc1C(=O)NCC1CCCNC1.Cl. The lowest BCUT2D eigenvalue weighted by atomic mass is 10.00. The average Bonchev–Trinajstić information content (AvgIpc) is 2.53. The van der Waals surface area contributed by atoms with Crippen molar-refractivity contribution in [3.63, 3.8) is 0 Å². The van der Waals surface area contributed by atoms with Crippen LogP contribution in [0.4, 0.5) is 0 Å². The van der Waals surface area contributed by atoms with E-state index in [0.29, 0.717) is 12.5 Å². The van der Waals surface area contributed by atoms with Crippen LogP contribution in [0.3, 0.4) is 0 Å². The molecule has 0 aromatic heterocycles. The number of carbonyl (C=O) groups is 1. The van der Waals surface area contributed by atoms with E-state index in [1.54, 1.807) is 32.0 Å². The summed E-state index contributed by atoms with van der Waals surface area (Å²) >= 11 is 0. The van der Waals surface area contributed by atoms with Gasteiger partial charge in [0.1, 0.15) is 0 Å². The second-order valence-corrected chi connectivity index (χ2v) is 8.48. The molecular formula is C16H25ClN2O3S. The summed E-state index contributed by atoms with van der Waals surface area (Å²) in [4.78, 5) is 12.5. The van der Waals surface area contributed by atoms with E-state index in [2.05, 4.69) is 10.6 Å². The van der Waals surface area contributed by atoms with Gasteiger partial charge in [-0.15, -0.1) is 12.4 Å². The highest BCUT2D eigenvalue weighted by atomic mass is 35.5. The molecule has 23 heavy (non-hydrogen) atoms. The molecule has 1 fully saturated rings. The maximum atomic E-state index is 12.4. The van der Waals surface area contributed by atoms with E-state index in [1.165, 1.54) is 6.07 Å². The molecule has 0 bridgehead atoms. The Kier molecular flexibility index (Phi) is 7.51. The minimum Gasteiger partial charge on any atom is -0.352 e. The molecule has 1 aromatic rings. The fourth-order valence-corrected chi connectivity index (χ4v) is 3.83. The quantitative estimate of drug-likeness (QED) is 0.842. The Balaban J connectivity index is 0.00000264. The molecule has 0 radical (unpaired) electrons. The van der Waals surface area contributed by atoms with Crippen molar-refractivity contribution < 1.29 is 13.2 Å². The molecule has 2 rings (SSSR count). The second-order valence-electron chi connectivity index (χ2n) is 6.01. The van der Waals surface area contributed by atoms with E-state index in [0.717, 1.165) is 25.9 Å². The zero-order chi connectivity index (χ0) is 16.2. The number of amides is 1. The standard InChI is InChI=1S/C16H24N2O3S.ClH/c1-12(2)22(20,21)15-8-4-3-7-14(15)16(19)18-11-13-6-5-9-17-10-13;/h3-4,7-8,12-13,17H,5-6,9-11H2,1-2H3,(H,18,19);1H. The van der Waals surface area contributed by atoms with Gasteiger partial charge in [0.05, 0.1) is 15.7 Å². The van der Waals surface area contributed by atoms with E-state index < -0.39 is 15.1 Å². The molecule has 5 nitrogen and oxygen atoms in total.